The standard InChI is InChI=1S/C23H44O3/c1-2-3-4-5-6-7-8-9-10-11-12-14-17-21(24)22-20-25-23(26-22)18-15-13-16-19-23/h21-22,24H,2-20H2,1H3/t21-,22+/m1/s1. The van der Waals surface area contributed by atoms with Crippen molar-refractivity contribution in [2.45, 2.75) is 140 Å². The molecule has 1 aliphatic heterocycles. The van der Waals surface area contributed by atoms with Gasteiger partial charge in [0.25, 0.3) is 0 Å². The molecule has 1 saturated carbocycles. The van der Waals surface area contributed by atoms with Gasteiger partial charge in [-0.25, -0.2) is 0 Å². The van der Waals surface area contributed by atoms with Crippen molar-refractivity contribution in [3.05, 3.63) is 0 Å². The first-order valence-corrected chi connectivity index (χ1v) is 11.8. The van der Waals surface area contributed by atoms with Crippen LogP contribution in [0.4, 0.5) is 0 Å². The van der Waals surface area contributed by atoms with E-state index in [-0.39, 0.29) is 18.0 Å². The summed E-state index contributed by atoms with van der Waals surface area (Å²) >= 11 is 0. The zero-order chi connectivity index (χ0) is 18.5. The zero-order valence-corrected chi connectivity index (χ0v) is 17.4. The molecule has 0 unspecified atom stereocenters. The normalized spacial score (nSPS) is 23.5. The molecule has 0 aromatic heterocycles. The fourth-order valence-electron chi connectivity index (χ4n) is 4.50. The summed E-state index contributed by atoms with van der Waals surface area (Å²) in [5.74, 6) is -0.347. The van der Waals surface area contributed by atoms with Crippen LogP contribution in [0.15, 0.2) is 0 Å². The van der Waals surface area contributed by atoms with E-state index in [2.05, 4.69) is 6.92 Å². The van der Waals surface area contributed by atoms with Crippen LogP contribution in [0.25, 0.3) is 0 Å². The largest absolute Gasteiger partial charge is 0.390 e. The van der Waals surface area contributed by atoms with Gasteiger partial charge in [0, 0.05) is 12.8 Å². The molecule has 1 aliphatic carbocycles. The first-order chi connectivity index (χ1) is 12.8. The van der Waals surface area contributed by atoms with Gasteiger partial charge in [-0.1, -0.05) is 90.4 Å². The lowest BCUT2D eigenvalue weighted by Crippen LogP contribution is -2.36. The Morgan fingerprint density at radius 1 is 0.808 bits per heavy atom. The minimum Gasteiger partial charge on any atom is -0.390 e. The van der Waals surface area contributed by atoms with Crippen molar-refractivity contribution in [3.8, 4) is 0 Å². The molecule has 1 N–H and O–H groups in total. The minimum absolute atomic E-state index is 0.0965. The Morgan fingerprint density at radius 3 is 1.92 bits per heavy atom. The van der Waals surface area contributed by atoms with Gasteiger partial charge >= 0.3 is 0 Å². The first kappa shape index (κ1) is 22.2. The van der Waals surface area contributed by atoms with E-state index in [9.17, 15) is 5.11 Å². The van der Waals surface area contributed by atoms with Crippen molar-refractivity contribution in [3.63, 3.8) is 0 Å². The van der Waals surface area contributed by atoms with Gasteiger partial charge in [0.2, 0.25) is 0 Å². The second kappa shape index (κ2) is 13.1. The molecule has 0 amide bonds. The van der Waals surface area contributed by atoms with Crippen molar-refractivity contribution >= 4 is 0 Å². The Morgan fingerprint density at radius 2 is 1.35 bits per heavy atom. The van der Waals surface area contributed by atoms with E-state index in [1.807, 2.05) is 0 Å². The molecule has 2 atom stereocenters. The van der Waals surface area contributed by atoms with E-state index in [4.69, 9.17) is 9.47 Å². The predicted octanol–water partition coefficient (Wildman–Crippen LogP) is 6.51. The maximum Gasteiger partial charge on any atom is 0.169 e. The summed E-state index contributed by atoms with van der Waals surface area (Å²) in [7, 11) is 0. The monoisotopic (exact) mass is 368 g/mol. The first-order valence-electron chi connectivity index (χ1n) is 11.8. The maximum atomic E-state index is 10.4. The smallest absolute Gasteiger partial charge is 0.169 e. The lowest BCUT2D eigenvalue weighted by Gasteiger charge is -2.32. The molecule has 1 saturated heterocycles. The molecular weight excluding hydrogens is 324 g/mol. The molecule has 2 aliphatic rings. The van der Waals surface area contributed by atoms with Crippen LogP contribution in [-0.4, -0.2) is 29.7 Å². The van der Waals surface area contributed by atoms with E-state index in [1.54, 1.807) is 0 Å². The Kier molecular flexibility index (Phi) is 11.2. The highest BCUT2D eigenvalue weighted by atomic mass is 16.7. The maximum absolute atomic E-state index is 10.4. The van der Waals surface area contributed by atoms with Gasteiger partial charge in [-0.2, -0.15) is 0 Å². The van der Waals surface area contributed by atoms with Gasteiger partial charge in [0.15, 0.2) is 5.79 Å². The quantitative estimate of drug-likeness (QED) is 0.355. The number of hydrogen-bond donors (Lipinski definition) is 1. The number of hydrogen-bond acceptors (Lipinski definition) is 3. The van der Waals surface area contributed by atoms with Crippen molar-refractivity contribution in [2.75, 3.05) is 6.61 Å². The molecule has 0 bridgehead atoms. The fourth-order valence-corrected chi connectivity index (χ4v) is 4.50. The second-order valence-electron chi connectivity index (χ2n) is 8.68. The van der Waals surface area contributed by atoms with Crippen LogP contribution in [-0.2, 0) is 9.47 Å². The topological polar surface area (TPSA) is 38.7 Å². The highest BCUT2D eigenvalue weighted by Crippen LogP contribution is 2.38. The fraction of sp³-hybridized carbons (Fsp3) is 1.00. The molecule has 154 valence electrons. The van der Waals surface area contributed by atoms with Gasteiger partial charge in [0.05, 0.1) is 12.7 Å². The second-order valence-corrected chi connectivity index (χ2v) is 8.68. The summed E-state index contributed by atoms with van der Waals surface area (Å²) in [6.45, 7) is 2.86. The van der Waals surface area contributed by atoms with Crippen LogP contribution in [0.5, 0.6) is 0 Å². The van der Waals surface area contributed by atoms with E-state index < -0.39 is 0 Å². The Hall–Kier alpha value is -0.120. The average molecular weight is 369 g/mol. The zero-order valence-electron chi connectivity index (χ0n) is 17.4. The SMILES string of the molecule is CCCCCCCCCCCCCC[C@@H](O)[C@@H]1COC2(CCCCC2)O1. The van der Waals surface area contributed by atoms with Gasteiger partial charge in [-0.3, -0.25) is 0 Å². The summed E-state index contributed by atoms with van der Waals surface area (Å²) in [5, 5.41) is 10.4. The number of aliphatic hydroxyl groups excluding tert-OH is 1. The molecule has 0 aromatic rings. The summed E-state index contributed by atoms with van der Waals surface area (Å²) in [6, 6.07) is 0. The van der Waals surface area contributed by atoms with Gasteiger partial charge in [-0.15, -0.1) is 0 Å². The van der Waals surface area contributed by atoms with Crippen LogP contribution in [0.2, 0.25) is 0 Å². The highest BCUT2D eigenvalue weighted by molar-refractivity contribution is 4.85. The summed E-state index contributed by atoms with van der Waals surface area (Å²) in [6.07, 6.45) is 22.4. The molecule has 3 nitrogen and oxygen atoms in total. The number of ether oxygens (including phenoxy) is 2. The van der Waals surface area contributed by atoms with Crippen LogP contribution in [0.3, 0.4) is 0 Å². The average Bonchev–Trinajstić information content (AvgIpc) is 3.06. The summed E-state index contributed by atoms with van der Waals surface area (Å²) in [5.41, 5.74) is 0. The van der Waals surface area contributed by atoms with Crippen molar-refractivity contribution in [1.29, 1.82) is 0 Å². The van der Waals surface area contributed by atoms with Crippen LogP contribution >= 0.6 is 0 Å². The molecule has 0 aromatic carbocycles. The summed E-state index contributed by atoms with van der Waals surface area (Å²) < 4.78 is 12.1. The number of rotatable bonds is 14. The lowest BCUT2D eigenvalue weighted by molar-refractivity contribution is -0.195. The molecule has 2 rings (SSSR count). The van der Waals surface area contributed by atoms with Gasteiger partial charge in [0.1, 0.15) is 6.10 Å². The molecular formula is C23H44O3. The summed E-state index contributed by atoms with van der Waals surface area (Å²) in [4.78, 5) is 0. The molecule has 0 radical (unpaired) electrons. The van der Waals surface area contributed by atoms with Crippen LogP contribution in [0.1, 0.15) is 122 Å². The van der Waals surface area contributed by atoms with Crippen LogP contribution < -0.4 is 0 Å². The molecule has 1 spiro atoms. The third-order valence-electron chi connectivity index (χ3n) is 6.27. The number of aliphatic hydroxyl groups is 1. The minimum atomic E-state index is -0.348. The van der Waals surface area contributed by atoms with Crippen molar-refractivity contribution in [1.82, 2.24) is 0 Å². The third-order valence-corrected chi connectivity index (χ3v) is 6.27. The van der Waals surface area contributed by atoms with E-state index >= 15 is 0 Å². The Labute approximate surface area is 162 Å². The molecule has 3 heteroatoms. The van der Waals surface area contributed by atoms with E-state index in [1.165, 1.54) is 89.9 Å². The van der Waals surface area contributed by atoms with Gasteiger partial charge < -0.3 is 14.6 Å². The highest BCUT2D eigenvalue weighted by Gasteiger charge is 2.44. The molecule has 2 fully saturated rings. The van der Waals surface area contributed by atoms with Crippen LogP contribution in [0, 0.1) is 0 Å². The van der Waals surface area contributed by atoms with E-state index in [0.29, 0.717) is 6.61 Å². The van der Waals surface area contributed by atoms with Gasteiger partial charge in [-0.05, 0) is 19.3 Å². The van der Waals surface area contributed by atoms with Crippen molar-refractivity contribution in [2.24, 2.45) is 0 Å². The number of unbranched alkanes of at least 4 members (excludes halogenated alkanes) is 11. The Bertz CT molecular complexity index is 338. The predicted molar refractivity (Wildman–Crippen MR) is 108 cm³/mol. The molecule has 1 heterocycles. The van der Waals surface area contributed by atoms with E-state index in [0.717, 1.165) is 25.7 Å². The third kappa shape index (κ3) is 8.27. The molecule has 26 heavy (non-hydrogen) atoms. The van der Waals surface area contributed by atoms with Crippen molar-refractivity contribution < 1.29 is 14.6 Å². The lowest BCUT2D eigenvalue weighted by atomic mass is 9.94. The Balaban J connectivity index is 1.39.